The van der Waals surface area contributed by atoms with Gasteiger partial charge >= 0.3 is 0 Å². The number of halogens is 1. The highest BCUT2D eigenvalue weighted by Crippen LogP contribution is 2.35. The Hall–Kier alpha value is -0.500. The van der Waals surface area contributed by atoms with Crippen LogP contribution in [0.4, 0.5) is 0 Å². The van der Waals surface area contributed by atoms with Crippen LogP contribution >= 0.6 is 15.9 Å². The van der Waals surface area contributed by atoms with Crippen LogP contribution in [0.2, 0.25) is 0 Å². The Balaban J connectivity index is 1.81. The molecule has 0 saturated heterocycles. The van der Waals surface area contributed by atoms with Crippen LogP contribution in [0.1, 0.15) is 55.8 Å². The van der Waals surface area contributed by atoms with Crippen LogP contribution in [-0.2, 0) is 0 Å². The van der Waals surface area contributed by atoms with E-state index in [2.05, 4.69) is 40.2 Å². The molecule has 1 unspecified atom stereocenters. The maximum Gasteiger partial charge on any atom is 0.119 e. The minimum absolute atomic E-state index is 0.494. The van der Waals surface area contributed by atoms with Crippen LogP contribution < -0.4 is 4.74 Å². The molecule has 1 saturated carbocycles. The maximum atomic E-state index is 5.47. The maximum absolute atomic E-state index is 5.47. The molecular formula is C16H23BrO. The van der Waals surface area contributed by atoms with E-state index in [-0.39, 0.29) is 0 Å². The molecule has 18 heavy (non-hydrogen) atoms. The Kier molecular flexibility index (Phi) is 5.55. The van der Waals surface area contributed by atoms with Gasteiger partial charge < -0.3 is 4.74 Å². The van der Waals surface area contributed by atoms with Gasteiger partial charge in [0, 0.05) is 4.83 Å². The lowest BCUT2D eigenvalue weighted by Crippen LogP contribution is -1.97. The molecule has 0 heterocycles. The second-order valence-electron chi connectivity index (χ2n) is 5.20. The van der Waals surface area contributed by atoms with Gasteiger partial charge in [-0.15, -0.1) is 0 Å². The average Bonchev–Trinajstić information content (AvgIpc) is 2.90. The second-order valence-corrected chi connectivity index (χ2v) is 6.30. The summed E-state index contributed by atoms with van der Waals surface area (Å²) in [6.45, 7) is 2.75. The van der Waals surface area contributed by atoms with Crippen LogP contribution in [0.3, 0.4) is 0 Å². The molecule has 1 fully saturated rings. The molecular weight excluding hydrogens is 288 g/mol. The van der Waals surface area contributed by atoms with E-state index in [9.17, 15) is 0 Å². The van der Waals surface area contributed by atoms with Gasteiger partial charge in [0.15, 0.2) is 0 Å². The van der Waals surface area contributed by atoms with Crippen molar-refractivity contribution in [2.24, 2.45) is 5.92 Å². The molecule has 0 aromatic heterocycles. The Morgan fingerprint density at radius 1 is 1.22 bits per heavy atom. The van der Waals surface area contributed by atoms with Gasteiger partial charge in [-0.05, 0) is 43.4 Å². The highest BCUT2D eigenvalue weighted by Gasteiger charge is 2.17. The molecule has 1 aromatic rings. The molecule has 0 amide bonds. The Morgan fingerprint density at radius 3 is 2.50 bits per heavy atom. The summed E-state index contributed by atoms with van der Waals surface area (Å²) >= 11 is 3.82. The second kappa shape index (κ2) is 7.18. The summed E-state index contributed by atoms with van der Waals surface area (Å²) in [6, 6.07) is 8.50. The molecule has 2 heteroatoms. The summed E-state index contributed by atoms with van der Waals surface area (Å²) in [7, 11) is 0. The first-order valence-corrected chi connectivity index (χ1v) is 8.08. The van der Waals surface area contributed by atoms with Gasteiger partial charge in [0.05, 0.1) is 6.61 Å². The van der Waals surface area contributed by atoms with Crippen LogP contribution in [0.25, 0.3) is 0 Å². The van der Waals surface area contributed by atoms with Gasteiger partial charge in [-0.1, -0.05) is 53.7 Å². The van der Waals surface area contributed by atoms with E-state index in [4.69, 9.17) is 4.74 Å². The SMILES string of the molecule is CCOc1ccc(C(Br)CCC2CCCC2)cc1. The number of alkyl halides is 1. The van der Waals surface area contributed by atoms with Crippen molar-refractivity contribution in [2.45, 2.75) is 50.3 Å². The third-order valence-corrected chi connectivity index (χ3v) is 4.84. The van der Waals surface area contributed by atoms with E-state index in [1.54, 1.807) is 0 Å². The first-order valence-electron chi connectivity index (χ1n) is 7.16. The van der Waals surface area contributed by atoms with Crippen molar-refractivity contribution in [3.8, 4) is 5.75 Å². The summed E-state index contributed by atoms with van der Waals surface area (Å²) in [5, 5.41) is 0. The fourth-order valence-electron chi connectivity index (χ4n) is 2.79. The molecule has 0 bridgehead atoms. The van der Waals surface area contributed by atoms with Gasteiger partial charge in [0.1, 0.15) is 5.75 Å². The molecule has 1 atom stereocenters. The van der Waals surface area contributed by atoms with E-state index >= 15 is 0 Å². The fourth-order valence-corrected chi connectivity index (χ4v) is 3.36. The monoisotopic (exact) mass is 310 g/mol. The van der Waals surface area contributed by atoms with Crippen LogP contribution in [0.15, 0.2) is 24.3 Å². The molecule has 1 nitrogen and oxygen atoms in total. The van der Waals surface area contributed by atoms with E-state index in [1.807, 2.05) is 6.92 Å². The summed E-state index contributed by atoms with van der Waals surface area (Å²) < 4.78 is 5.47. The lowest BCUT2D eigenvalue weighted by molar-refractivity contribution is 0.340. The number of hydrogen-bond donors (Lipinski definition) is 0. The zero-order chi connectivity index (χ0) is 12.8. The van der Waals surface area contributed by atoms with Gasteiger partial charge in [0.2, 0.25) is 0 Å². The van der Waals surface area contributed by atoms with Crippen LogP contribution in [0, 0.1) is 5.92 Å². The number of ether oxygens (including phenoxy) is 1. The molecule has 1 aliphatic carbocycles. The third-order valence-electron chi connectivity index (χ3n) is 3.86. The number of benzene rings is 1. The largest absolute Gasteiger partial charge is 0.494 e. The van der Waals surface area contributed by atoms with E-state index in [0.717, 1.165) is 18.3 Å². The van der Waals surface area contributed by atoms with E-state index in [1.165, 1.54) is 44.1 Å². The smallest absolute Gasteiger partial charge is 0.119 e. The highest BCUT2D eigenvalue weighted by atomic mass is 79.9. The molecule has 1 aromatic carbocycles. The Bertz CT molecular complexity index is 341. The topological polar surface area (TPSA) is 9.23 Å². The standard InChI is InChI=1S/C16H23BrO/c1-2-18-15-10-8-14(9-11-15)16(17)12-7-13-5-3-4-6-13/h8-11,13,16H,2-7,12H2,1H3. The van der Waals surface area contributed by atoms with Crippen molar-refractivity contribution in [1.82, 2.24) is 0 Å². The van der Waals surface area contributed by atoms with Gasteiger partial charge in [-0.3, -0.25) is 0 Å². The molecule has 2 rings (SSSR count). The molecule has 0 spiro atoms. The van der Waals surface area contributed by atoms with Gasteiger partial charge in [-0.25, -0.2) is 0 Å². The third kappa shape index (κ3) is 4.01. The van der Waals surface area contributed by atoms with Crippen molar-refractivity contribution < 1.29 is 4.74 Å². The summed E-state index contributed by atoms with van der Waals surface area (Å²) in [5.74, 6) is 1.95. The van der Waals surface area contributed by atoms with Crippen LogP contribution in [0.5, 0.6) is 5.75 Å². The number of rotatable bonds is 6. The lowest BCUT2D eigenvalue weighted by atomic mass is 9.98. The Morgan fingerprint density at radius 2 is 1.89 bits per heavy atom. The lowest BCUT2D eigenvalue weighted by Gasteiger charge is -2.14. The fraction of sp³-hybridized carbons (Fsp3) is 0.625. The molecule has 100 valence electrons. The van der Waals surface area contributed by atoms with Crippen molar-refractivity contribution in [2.75, 3.05) is 6.61 Å². The zero-order valence-electron chi connectivity index (χ0n) is 11.2. The first-order chi connectivity index (χ1) is 8.79. The zero-order valence-corrected chi connectivity index (χ0v) is 12.8. The first kappa shape index (κ1) is 13.9. The quantitative estimate of drug-likeness (QED) is 0.631. The predicted octanol–water partition coefficient (Wildman–Crippen LogP) is 5.49. The summed E-state index contributed by atoms with van der Waals surface area (Å²) in [4.78, 5) is 0.494. The van der Waals surface area contributed by atoms with Gasteiger partial charge in [0.25, 0.3) is 0 Å². The summed E-state index contributed by atoms with van der Waals surface area (Å²) in [5.41, 5.74) is 1.37. The minimum Gasteiger partial charge on any atom is -0.494 e. The van der Waals surface area contributed by atoms with Crippen molar-refractivity contribution >= 4 is 15.9 Å². The molecule has 0 aliphatic heterocycles. The number of hydrogen-bond acceptors (Lipinski definition) is 1. The minimum atomic E-state index is 0.494. The van der Waals surface area contributed by atoms with Gasteiger partial charge in [-0.2, -0.15) is 0 Å². The van der Waals surface area contributed by atoms with E-state index in [0.29, 0.717) is 4.83 Å². The average molecular weight is 311 g/mol. The van der Waals surface area contributed by atoms with Crippen LogP contribution in [-0.4, -0.2) is 6.61 Å². The molecule has 1 aliphatic rings. The van der Waals surface area contributed by atoms with Crippen molar-refractivity contribution in [3.63, 3.8) is 0 Å². The van der Waals surface area contributed by atoms with Crippen molar-refractivity contribution in [3.05, 3.63) is 29.8 Å². The normalized spacial score (nSPS) is 17.9. The van der Waals surface area contributed by atoms with Crippen molar-refractivity contribution in [1.29, 1.82) is 0 Å². The molecule has 0 N–H and O–H groups in total. The Labute approximate surface area is 119 Å². The summed E-state index contributed by atoms with van der Waals surface area (Å²) in [6.07, 6.45) is 8.40. The molecule has 0 radical (unpaired) electrons. The predicted molar refractivity (Wildman–Crippen MR) is 80.5 cm³/mol. The highest BCUT2D eigenvalue weighted by molar-refractivity contribution is 9.09. The van der Waals surface area contributed by atoms with E-state index < -0.39 is 0 Å².